The van der Waals surface area contributed by atoms with Crippen molar-refractivity contribution < 1.29 is 0 Å². The van der Waals surface area contributed by atoms with Crippen LogP contribution in [0, 0.1) is 0 Å². The summed E-state index contributed by atoms with van der Waals surface area (Å²) in [5.41, 5.74) is 0. The topological polar surface area (TPSA) is 0 Å². The minimum Gasteiger partial charge on any atom is -0.0654 e. The Bertz CT molecular complexity index is 105. The highest BCUT2D eigenvalue weighted by Gasteiger charge is 1.85. The van der Waals surface area contributed by atoms with Crippen molar-refractivity contribution in [2.24, 2.45) is 0 Å². The lowest BCUT2D eigenvalue weighted by atomic mass is 10.1. The molecule has 0 heterocycles. The first-order chi connectivity index (χ1) is 10.2. The van der Waals surface area contributed by atoms with Gasteiger partial charge in [-0.25, -0.2) is 0 Å². The second kappa shape index (κ2) is 32.1. The maximum atomic E-state index is 2.26. The van der Waals surface area contributed by atoms with Crippen molar-refractivity contribution in [2.75, 3.05) is 0 Å². The van der Waals surface area contributed by atoms with Gasteiger partial charge in [0.05, 0.1) is 0 Å². The van der Waals surface area contributed by atoms with Gasteiger partial charge in [-0.05, 0) is 0 Å². The van der Waals surface area contributed by atoms with E-state index in [9.17, 15) is 0 Å². The lowest BCUT2D eigenvalue weighted by molar-refractivity contribution is 0.602. The molecule has 0 spiro atoms. The molecule has 0 aromatic carbocycles. The van der Waals surface area contributed by atoms with Crippen molar-refractivity contribution in [3.8, 4) is 0 Å². The fourth-order valence-corrected chi connectivity index (χ4v) is 2.06. The predicted molar refractivity (Wildman–Crippen MR) is 103 cm³/mol. The molecule has 0 aliphatic carbocycles. The zero-order chi connectivity index (χ0) is 16.6. The van der Waals surface area contributed by atoms with Crippen LogP contribution >= 0.6 is 0 Å². The van der Waals surface area contributed by atoms with Gasteiger partial charge in [0, 0.05) is 0 Å². The van der Waals surface area contributed by atoms with E-state index in [0.717, 1.165) is 0 Å². The highest BCUT2D eigenvalue weighted by Crippen LogP contribution is 2.05. The van der Waals surface area contributed by atoms with E-state index < -0.39 is 0 Å². The molecule has 0 aliphatic rings. The molecule has 0 nitrogen and oxygen atoms in total. The molecule has 0 radical (unpaired) electrons. The SMILES string of the molecule is CCCCC.CCCCCCC.CCCCCCCCC. The molecular weight excluding hydrogens is 252 g/mol. The van der Waals surface area contributed by atoms with Crippen LogP contribution in [-0.4, -0.2) is 0 Å². The minimum absolute atomic E-state index is 1.34. The lowest BCUT2D eigenvalue weighted by Crippen LogP contribution is -1.76. The monoisotopic (exact) mass is 300 g/mol. The summed E-state index contributed by atoms with van der Waals surface area (Å²) in [6.07, 6.45) is 21.1. The van der Waals surface area contributed by atoms with E-state index in [0.29, 0.717) is 0 Å². The van der Waals surface area contributed by atoms with Crippen LogP contribution in [0.1, 0.15) is 138 Å². The van der Waals surface area contributed by atoms with Crippen LogP contribution in [0.15, 0.2) is 0 Å². The summed E-state index contributed by atoms with van der Waals surface area (Å²) in [5.74, 6) is 0. The first kappa shape index (κ1) is 25.9. The zero-order valence-corrected chi connectivity index (χ0v) is 16.6. The Labute approximate surface area is 138 Å². The Balaban J connectivity index is -0.000000242. The molecule has 0 bridgehead atoms. The largest absolute Gasteiger partial charge is 0.0654 e. The van der Waals surface area contributed by atoms with Gasteiger partial charge in [0.15, 0.2) is 0 Å². The molecule has 0 N–H and O–H groups in total. The van der Waals surface area contributed by atoms with Crippen LogP contribution in [0.25, 0.3) is 0 Å². The second-order valence-corrected chi connectivity index (χ2v) is 6.18. The molecule has 0 atom stereocenters. The predicted octanol–water partition coefficient (Wildman–Crippen LogP) is 8.93. The summed E-state index contributed by atoms with van der Waals surface area (Å²) in [6.45, 7) is 13.4. The Morgan fingerprint density at radius 3 is 0.619 bits per heavy atom. The number of unbranched alkanes of at least 4 members (excludes halogenated alkanes) is 12. The van der Waals surface area contributed by atoms with Gasteiger partial charge in [-0.2, -0.15) is 0 Å². The van der Waals surface area contributed by atoms with Crippen LogP contribution < -0.4 is 0 Å². The molecule has 0 aliphatic heterocycles. The van der Waals surface area contributed by atoms with E-state index in [4.69, 9.17) is 0 Å². The third-order valence-electron chi connectivity index (χ3n) is 3.62. The molecule has 0 amide bonds. The highest BCUT2D eigenvalue weighted by molar-refractivity contribution is 4.41. The fourth-order valence-electron chi connectivity index (χ4n) is 2.06. The third kappa shape index (κ3) is 45.0. The van der Waals surface area contributed by atoms with Crippen molar-refractivity contribution in [1.29, 1.82) is 0 Å². The van der Waals surface area contributed by atoms with Crippen molar-refractivity contribution in [3.63, 3.8) is 0 Å². The average molecular weight is 301 g/mol. The van der Waals surface area contributed by atoms with E-state index in [1.54, 1.807) is 0 Å². The van der Waals surface area contributed by atoms with Gasteiger partial charge in [0.1, 0.15) is 0 Å². The molecule has 0 unspecified atom stereocenters. The molecule has 132 valence electrons. The highest BCUT2D eigenvalue weighted by atomic mass is 13.9. The molecule has 0 saturated heterocycles. The average Bonchev–Trinajstić information content (AvgIpc) is 2.50. The lowest BCUT2D eigenvalue weighted by Gasteiger charge is -1.96. The van der Waals surface area contributed by atoms with Crippen molar-refractivity contribution >= 4 is 0 Å². The maximum Gasteiger partial charge on any atom is -0.0533 e. The first-order valence-corrected chi connectivity index (χ1v) is 10.2. The van der Waals surface area contributed by atoms with Gasteiger partial charge in [-0.1, -0.05) is 138 Å². The minimum atomic E-state index is 1.34. The van der Waals surface area contributed by atoms with Crippen LogP contribution in [-0.2, 0) is 0 Å². The van der Waals surface area contributed by atoms with Gasteiger partial charge in [0.2, 0.25) is 0 Å². The maximum absolute atomic E-state index is 2.26. The number of hydrogen-bond acceptors (Lipinski definition) is 0. The van der Waals surface area contributed by atoms with Crippen LogP contribution in [0.5, 0.6) is 0 Å². The van der Waals surface area contributed by atoms with E-state index in [1.165, 1.54) is 96.3 Å². The second-order valence-electron chi connectivity index (χ2n) is 6.18. The molecule has 0 fully saturated rings. The third-order valence-corrected chi connectivity index (χ3v) is 3.62. The van der Waals surface area contributed by atoms with E-state index >= 15 is 0 Å². The molecule has 0 rings (SSSR count). The molecule has 0 aromatic heterocycles. The van der Waals surface area contributed by atoms with E-state index in [2.05, 4.69) is 41.5 Å². The summed E-state index contributed by atoms with van der Waals surface area (Å²) >= 11 is 0. The Kier molecular flexibility index (Phi) is 39.6. The van der Waals surface area contributed by atoms with Crippen molar-refractivity contribution in [3.05, 3.63) is 0 Å². The summed E-state index contributed by atoms with van der Waals surface area (Å²) in [6, 6.07) is 0. The summed E-state index contributed by atoms with van der Waals surface area (Å²) in [4.78, 5) is 0. The molecule has 0 aromatic rings. The van der Waals surface area contributed by atoms with E-state index in [1.807, 2.05) is 0 Å². The summed E-state index contributed by atoms with van der Waals surface area (Å²) < 4.78 is 0. The number of hydrogen-bond donors (Lipinski definition) is 0. The van der Waals surface area contributed by atoms with Crippen molar-refractivity contribution in [1.82, 2.24) is 0 Å². The molecule has 0 saturated carbocycles. The Hall–Kier alpha value is 0. The normalized spacial score (nSPS) is 9.43. The van der Waals surface area contributed by atoms with Gasteiger partial charge < -0.3 is 0 Å². The summed E-state index contributed by atoms with van der Waals surface area (Å²) in [7, 11) is 0. The van der Waals surface area contributed by atoms with Gasteiger partial charge in [-0.15, -0.1) is 0 Å². The summed E-state index contributed by atoms with van der Waals surface area (Å²) in [5, 5.41) is 0. The van der Waals surface area contributed by atoms with Gasteiger partial charge in [0.25, 0.3) is 0 Å². The van der Waals surface area contributed by atoms with Crippen LogP contribution in [0.4, 0.5) is 0 Å². The van der Waals surface area contributed by atoms with Crippen LogP contribution in [0.3, 0.4) is 0 Å². The molecule has 0 heteroatoms. The van der Waals surface area contributed by atoms with Crippen LogP contribution in [0.2, 0.25) is 0 Å². The fraction of sp³-hybridized carbons (Fsp3) is 1.00. The van der Waals surface area contributed by atoms with E-state index in [-0.39, 0.29) is 0 Å². The Morgan fingerprint density at radius 1 is 0.238 bits per heavy atom. The Morgan fingerprint density at radius 2 is 0.429 bits per heavy atom. The standard InChI is InChI=1S/C9H20.C7H16.C5H12/c1-3-5-7-9-8-6-4-2;1-3-5-7-6-4-2;1-3-5-4-2/h3-9H2,1-2H3;3-7H2,1-2H3;3-5H2,1-2H3. The van der Waals surface area contributed by atoms with Gasteiger partial charge in [-0.3, -0.25) is 0 Å². The smallest absolute Gasteiger partial charge is 0.0533 e. The molecular formula is C21H48. The molecule has 21 heavy (non-hydrogen) atoms. The first-order valence-electron chi connectivity index (χ1n) is 10.2. The quantitative estimate of drug-likeness (QED) is 0.315. The zero-order valence-electron chi connectivity index (χ0n) is 16.6. The number of rotatable bonds is 12. The van der Waals surface area contributed by atoms with Crippen molar-refractivity contribution in [2.45, 2.75) is 138 Å². The van der Waals surface area contributed by atoms with Gasteiger partial charge >= 0.3 is 0 Å².